The maximum absolute atomic E-state index is 12.7. The summed E-state index contributed by atoms with van der Waals surface area (Å²) in [5.74, 6) is -0.163. The molecule has 0 aliphatic rings. The zero-order valence-electron chi connectivity index (χ0n) is 16.4. The zero-order valence-corrected chi connectivity index (χ0v) is 17.3. The molecule has 0 spiro atoms. The lowest BCUT2D eigenvalue weighted by Gasteiger charge is -2.09. The van der Waals surface area contributed by atoms with Crippen molar-refractivity contribution >= 4 is 29.0 Å². The molecule has 3 rings (SSSR count). The second-order valence-corrected chi connectivity index (χ2v) is 7.23. The number of amides is 1. The molecule has 0 aliphatic heterocycles. The number of nitrogens with zero attached hydrogens (tertiary/aromatic N) is 1. The van der Waals surface area contributed by atoms with E-state index in [0.29, 0.717) is 47.4 Å². The van der Waals surface area contributed by atoms with Crippen LogP contribution < -0.4 is 10.9 Å². The third-order valence-electron chi connectivity index (χ3n) is 4.74. The van der Waals surface area contributed by atoms with Crippen LogP contribution in [0.15, 0.2) is 53.3 Å². The molecule has 0 radical (unpaired) electrons. The van der Waals surface area contributed by atoms with Gasteiger partial charge in [-0.15, -0.1) is 0 Å². The summed E-state index contributed by atoms with van der Waals surface area (Å²) in [4.78, 5) is 28.2. The highest BCUT2D eigenvalue weighted by Gasteiger charge is 2.10. The maximum Gasteiger partial charge on any atom is 0.262 e. The standard InChI is InChI=1S/C22H25N3O3S/c1-28-14-6-13-25-21(27)18-11-10-17(15-19(18)24-22(25)29)20(26)23-12-5-9-16-7-3-2-4-8-16/h2-4,7-8,10-11,15H,5-6,9,12-14H2,1H3,(H,23,26)(H,24,29). The minimum absolute atomic E-state index is 0.158. The summed E-state index contributed by atoms with van der Waals surface area (Å²) in [6, 6.07) is 15.2. The minimum Gasteiger partial charge on any atom is -0.385 e. The number of methoxy groups -OCH3 is 1. The van der Waals surface area contributed by atoms with Crippen LogP contribution in [-0.2, 0) is 17.7 Å². The summed E-state index contributed by atoms with van der Waals surface area (Å²) in [6.45, 7) is 1.63. The van der Waals surface area contributed by atoms with Gasteiger partial charge in [-0.25, -0.2) is 0 Å². The van der Waals surface area contributed by atoms with Crippen LogP contribution >= 0.6 is 12.2 Å². The van der Waals surface area contributed by atoms with Gasteiger partial charge in [-0.3, -0.25) is 14.2 Å². The molecule has 1 aromatic heterocycles. The Labute approximate surface area is 174 Å². The van der Waals surface area contributed by atoms with Crippen molar-refractivity contribution in [3.8, 4) is 0 Å². The molecular formula is C22H25N3O3S. The van der Waals surface area contributed by atoms with Crippen LogP contribution in [0.5, 0.6) is 0 Å². The molecule has 0 bridgehead atoms. The predicted octanol–water partition coefficient (Wildman–Crippen LogP) is 3.46. The molecular weight excluding hydrogens is 386 g/mol. The second-order valence-electron chi connectivity index (χ2n) is 6.84. The number of nitrogens with one attached hydrogen (secondary N) is 2. The Morgan fingerprint density at radius 1 is 1.17 bits per heavy atom. The van der Waals surface area contributed by atoms with Crippen molar-refractivity contribution in [3.05, 3.63) is 74.8 Å². The quantitative estimate of drug-likeness (QED) is 0.418. The van der Waals surface area contributed by atoms with Gasteiger partial charge in [0.15, 0.2) is 4.77 Å². The fraction of sp³-hybridized carbons (Fsp3) is 0.318. The van der Waals surface area contributed by atoms with Gasteiger partial charge in [-0.2, -0.15) is 0 Å². The van der Waals surface area contributed by atoms with Crippen molar-refractivity contribution in [1.82, 2.24) is 14.9 Å². The van der Waals surface area contributed by atoms with E-state index in [2.05, 4.69) is 22.4 Å². The predicted molar refractivity (Wildman–Crippen MR) is 117 cm³/mol. The number of ether oxygens (including phenoxy) is 1. The number of carbonyl (C=O) groups excluding carboxylic acids is 1. The van der Waals surface area contributed by atoms with Crippen LogP contribution in [0, 0.1) is 4.77 Å². The summed E-state index contributed by atoms with van der Waals surface area (Å²) in [5.41, 5.74) is 2.16. The van der Waals surface area contributed by atoms with Crippen molar-refractivity contribution in [2.75, 3.05) is 20.3 Å². The molecule has 3 aromatic rings. The van der Waals surface area contributed by atoms with E-state index in [0.717, 1.165) is 12.8 Å². The van der Waals surface area contributed by atoms with Crippen LogP contribution in [0.3, 0.4) is 0 Å². The fourth-order valence-corrected chi connectivity index (χ4v) is 3.49. The molecule has 0 fully saturated rings. The first kappa shape index (κ1) is 21.0. The number of hydrogen-bond donors (Lipinski definition) is 2. The topological polar surface area (TPSA) is 76.1 Å². The monoisotopic (exact) mass is 411 g/mol. The second kappa shape index (κ2) is 10.1. The number of benzene rings is 2. The molecule has 152 valence electrons. The van der Waals surface area contributed by atoms with Crippen LogP contribution in [0.1, 0.15) is 28.8 Å². The number of fused-ring (bicyclic) bond motifs is 1. The highest BCUT2D eigenvalue weighted by Crippen LogP contribution is 2.11. The third kappa shape index (κ3) is 5.40. The van der Waals surface area contributed by atoms with Crippen molar-refractivity contribution in [2.24, 2.45) is 0 Å². The lowest BCUT2D eigenvalue weighted by atomic mass is 10.1. The van der Waals surface area contributed by atoms with E-state index in [4.69, 9.17) is 17.0 Å². The number of H-pyrrole nitrogens is 1. The Hall–Kier alpha value is -2.77. The Kier molecular flexibility index (Phi) is 7.32. The third-order valence-corrected chi connectivity index (χ3v) is 5.07. The molecule has 7 heteroatoms. The van der Waals surface area contributed by atoms with Crippen LogP contribution in [-0.4, -0.2) is 35.7 Å². The van der Waals surface area contributed by atoms with Crippen LogP contribution in [0.25, 0.3) is 10.9 Å². The molecule has 6 nitrogen and oxygen atoms in total. The molecule has 0 aliphatic carbocycles. The van der Waals surface area contributed by atoms with Crippen molar-refractivity contribution in [3.63, 3.8) is 0 Å². The minimum atomic E-state index is -0.163. The van der Waals surface area contributed by atoms with Crippen molar-refractivity contribution in [1.29, 1.82) is 0 Å². The number of aromatic nitrogens is 2. The largest absolute Gasteiger partial charge is 0.385 e. The van der Waals surface area contributed by atoms with Gasteiger partial charge in [0.2, 0.25) is 0 Å². The number of carbonyl (C=O) groups is 1. The van der Waals surface area contributed by atoms with Gasteiger partial charge in [0.25, 0.3) is 11.5 Å². The summed E-state index contributed by atoms with van der Waals surface area (Å²) in [6.07, 6.45) is 2.47. The van der Waals surface area contributed by atoms with E-state index < -0.39 is 0 Å². The SMILES string of the molecule is COCCCn1c(=S)[nH]c2cc(C(=O)NCCCc3ccccc3)ccc2c1=O. The fourth-order valence-electron chi connectivity index (χ4n) is 3.21. The molecule has 0 atom stereocenters. The summed E-state index contributed by atoms with van der Waals surface area (Å²) >= 11 is 5.32. The van der Waals surface area contributed by atoms with Gasteiger partial charge in [-0.1, -0.05) is 30.3 Å². The average Bonchev–Trinajstić information content (AvgIpc) is 2.74. The van der Waals surface area contributed by atoms with E-state index in [1.54, 1.807) is 25.3 Å². The number of aryl methyl sites for hydroxylation is 1. The molecule has 2 aromatic carbocycles. The molecule has 0 unspecified atom stereocenters. The Morgan fingerprint density at radius 2 is 1.97 bits per heavy atom. The van der Waals surface area contributed by atoms with Crippen molar-refractivity contribution < 1.29 is 9.53 Å². The number of hydrogen-bond acceptors (Lipinski definition) is 4. The zero-order chi connectivity index (χ0) is 20.6. The van der Waals surface area contributed by atoms with Gasteiger partial charge in [0, 0.05) is 32.4 Å². The van der Waals surface area contributed by atoms with E-state index >= 15 is 0 Å². The summed E-state index contributed by atoms with van der Waals surface area (Å²) in [5, 5.41) is 3.44. The summed E-state index contributed by atoms with van der Waals surface area (Å²) in [7, 11) is 1.62. The normalized spacial score (nSPS) is 10.9. The number of aromatic amines is 1. The summed E-state index contributed by atoms with van der Waals surface area (Å²) < 4.78 is 6.91. The van der Waals surface area contributed by atoms with Gasteiger partial charge in [0.05, 0.1) is 10.9 Å². The highest BCUT2D eigenvalue weighted by atomic mass is 32.1. The van der Waals surface area contributed by atoms with Gasteiger partial charge < -0.3 is 15.0 Å². The highest BCUT2D eigenvalue weighted by molar-refractivity contribution is 7.71. The first-order chi connectivity index (χ1) is 14.1. The van der Waals surface area contributed by atoms with E-state index in [-0.39, 0.29) is 11.5 Å². The van der Waals surface area contributed by atoms with Gasteiger partial charge in [-0.05, 0) is 55.2 Å². The molecule has 0 saturated carbocycles. The molecule has 29 heavy (non-hydrogen) atoms. The van der Waals surface area contributed by atoms with Crippen LogP contribution in [0.2, 0.25) is 0 Å². The first-order valence-electron chi connectivity index (χ1n) is 9.68. The van der Waals surface area contributed by atoms with Gasteiger partial charge in [0.1, 0.15) is 0 Å². The van der Waals surface area contributed by atoms with E-state index in [9.17, 15) is 9.59 Å². The lowest BCUT2D eigenvalue weighted by molar-refractivity contribution is 0.0953. The van der Waals surface area contributed by atoms with E-state index in [1.165, 1.54) is 10.1 Å². The van der Waals surface area contributed by atoms with Gasteiger partial charge >= 0.3 is 0 Å². The molecule has 1 amide bonds. The van der Waals surface area contributed by atoms with Crippen LogP contribution in [0.4, 0.5) is 0 Å². The molecule has 0 saturated heterocycles. The number of rotatable bonds is 9. The smallest absolute Gasteiger partial charge is 0.262 e. The molecule has 2 N–H and O–H groups in total. The Balaban J connectivity index is 1.67. The first-order valence-corrected chi connectivity index (χ1v) is 10.1. The Morgan fingerprint density at radius 3 is 2.72 bits per heavy atom. The lowest BCUT2D eigenvalue weighted by Crippen LogP contribution is -2.26. The van der Waals surface area contributed by atoms with E-state index in [1.807, 2.05) is 18.2 Å². The Bertz CT molecular complexity index is 1090. The maximum atomic E-state index is 12.7. The average molecular weight is 412 g/mol. The van der Waals surface area contributed by atoms with Crippen molar-refractivity contribution in [2.45, 2.75) is 25.8 Å². The molecule has 1 heterocycles.